The Hall–Kier alpha value is -1.94. The smallest absolute Gasteiger partial charge is 0.462 e. The summed E-state index contributed by atoms with van der Waals surface area (Å²) in [5.74, 6) is 0.192. The lowest BCUT2D eigenvalue weighted by Crippen LogP contribution is -2.30. The number of unbranched alkanes of at least 4 members (excludes halogenated alkanes) is 49. The van der Waals surface area contributed by atoms with Crippen LogP contribution in [0.1, 0.15) is 434 Å². The summed E-state index contributed by atoms with van der Waals surface area (Å²) in [6.07, 6.45) is 62.6. The third kappa shape index (κ3) is 76.3. The van der Waals surface area contributed by atoms with Crippen LogP contribution in [0.2, 0.25) is 0 Å². The average molecular weight is 1490 g/mol. The van der Waals surface area contributed by atoms with Crippen molar-refractivity contribution in [2.45, 2.75) is 452 Å². The summed E-state index contributed by atoms with van der Waals surface area (Å²) in [6.45, 7) is 11.9. The number of hydrogen-bond donors (Lipinski definition) is 3. The minimum Gasteiger partial charge on any atom is -0.462 e. The zero-order valence-corrected chi connectivity index (χ0v) is 68.9. The standard InChI is InChI=1S/C83H162O17P2/c1-8-9-10-11-12-13-14-15-20-28-33-38-43-52-59-67-83(88)100-79(71-94-81(86)65-58-51-46-45-49-56-63-76(6)7)73-98-102(91,92)96-69-77(84)68-95-101(89,90)97-72-78(99-82(87)66-60-53-44-39-34-29-24-19-17-22-26-31-36-41-48-55-62-75(4)5)70-93-80(85)64-57-50-42-37-32-27-23-18-16-21-25-30-35-40-47-54-61-74(2)3/h74-79,84H,8-73H2,1-7H3,(H,89,90)(H,91,92)/t77-,78-,79-/m1/s1. The van der Waals surface area contributed by atoms with Crippen molar-refractivity contribution in [2.75, 3.05) is 39.6 Å². The van der Waals surface area contributed by atoms with Crippen LogP contribution in [0.5, 0.6) is 0 Å². The Morgan fingerprint density at radius 2 is 0.451 bits per heavy atom. The molecule has 0 rings (SSSR count). The van der Waals surface area contributed by atoms with Gasteiger partial charge in [0, 0.05) is 25.7 Å². The molecule has 0 aromatic carbocycles. The highest BCUT2D eigenvalue weighted by Gasteiger charge is 2.30. The molecule has 0 heterocycles. The summed E-state index contributed by atoms with van der Waals surface area (Å²) in [4.78, 5) is 73.1. The van der Waals surface area contributed by atoms with E-state index in [0.29, 0.717) is 31.6 Å². The number of phosphoric ester groups is 2. The average Bonchev–Trinajstić information content (AvgIpc) is 0.942. The summed E-state index contributed by atoms with van der Waals surface area (Å²) in [5, 5.41) is 10.6. The van der Waals surface area contributed by atoms with Gasteiger partial charge in [-0.2, -0.15) is 0 Å². The largest absolute Gasteiger partial charge is 0.472 e. The van der Waals surface area contributed by atoms with E-state index in [-0.39, 0.29) is 25.7 Å². The molecule has 0 saturated heterocycles. The maximum atomic E-state index is 13.1. The minimum atomic E-state index is -4.96. The molecule has 0 amide bonds. The number of rotatable bonds is 81. The molecule has 2 unspecified atom stereocenters. The van der Waals surface area contributed by atoms with E-state index in [1.165, 1.54) is 238 Å². The molecule has 0 fully saturated rings. The Morgan fingerprint density at radius 3 is 0.667 bits per heavy atom. The van der Waals surface area contributed by atoms with Gasteiger partial charge in [0.15, 0.2) is 12.2 Å². The number of carbonyl (C=O) groups is 4. The number of carbonyl (C=O) groups excluding carboxylic acids is 4. The number of phosphoric acid groups is 2. The summed E-state index contributed by atoms with van der Waals surface area (Å²) in [6, 6.07) is 0. The van der Waals surface area contributed by atoms with Crippen LogP contribution in [0.15, 0.2) is 0 Å². The fourth-order valence-corrected chi connectivity index (χ4v) is 14.4. The molecule has 0 saturated carbocycles. The van der Waals surface area contributed by atoms with Crippen molar-refractivity contribution >= 4 is 39.5 Å². The van der Waals surface area contributed by atoms with Crippen LogP contribution in [0, 0.1) is 17.8 Å². The van der Waals surface area contributed by atoms with Gasteiger partial charge in [0.2, 0.25) is 0 Å². The van der Waals surface area contributed by atoms with Crippen molar-refractivity contribution in [2.24, 2.45) is 17.8 Å². The van der Waals surface area contributed by atoms with E-state index in [2.05, 4.69) is 48.5 Å². The van der Waals surface area contributed by atoms with E-state index < -0.39 is 97.5 Å². The summed E-state index contributed by atoms with van der Waals surface area (Å²) < 4.78 is 68.8. The molecule has 19 heteroatoms. The van der Waals surface area contributed by atoms with Gasteiger partial charge in [0.25, 0.3) is 0 Å². The Morgan fingerprint density at radius 1 is 0.265 bits per heavy atom. The molecule has 606 valence electrons. The molecule has 17 nitrogen and oxygen atoms in total. The third-order valence-electron chi connectivity index (χ3n) is 19.4. The molecule has 102 heavy (non-hydrogen) atoms. The van der Waals surface area contributed by atoms with Crippen LogP contribution < -0.4 is 0 Å². The van der Waals surface area contributed by atoms with Crippen molar-refractivity contribution in [1.82, 2.24) is 0 Å². The fraction of sp³-hybridized carbons (Fsp3) is 0.952. The molecule has 5 atom stereocenters. The predicted octanol–water partition coefficient (Wildman–Crippen LogP) is 24.9. The highest BCUT2D eigenvalue weighted by molar-refractivity contribution is 7.47. The van der Waals surface area contributed by atoms with E-state index in [1.54, 1.807) is 0 Å². The highest BCUT2D eigenvalue weighted by atomic mass is 31.2. The molecule has 0 bridgehead atoms. The first-order valence-corrected chi connectivity index (χ1v) is 45.8. The normalized spacial score (nSPS) is 13.9. The topological polar surface area (TPSA) is 237 Å². The second-order valence-electron chi connectivity index (χ2n) is 31.3. The van der Waals surface area contributed by atoms with Crippen LogP contribution in [0.3, 0.4) is 0 Å². The van der Waals surface area contributed by atoms with E-state index in [4.69, 9.17) is 37.0 Å². The Labute approximate surface area is 626 Å². The zero-order chi connectivity index (χ0) is 75.1. The molecule has 0 aromatic rings. The number of esters is 4. The van der Waals surface area contributed by atoms with E-state index in [1.807, 2.05) is 0 Å². The van der Waals surface area contributed by atoms with E-state index in [9.17, 15) is 43.2 Å². The predicted molar refractivity (Wildman–Crippen MR) is 418 cm³/mol. The summed E-state index contributed by atoms with van der Waals surface area (Å²) >= 11 is 0. The van der Waals surface area contributed by atoms with E-state index in [0.717, 1.165) is 108 Å². The monoisotopic (exact) mass is 1490 g/mol. The number of ether oxygens (including phenoxy) is 4. The van der Waals surface area contributed by atoms with Gasteiger partial charge in [-0.15, -0.1) is 0 Å². The highest BCUT2D eigenvalue weighted by Crippen LogP contribution is 2.45. The van der Waals surface area contributed by atoms with Gasteiger partial charge < -0.3 is 33.8 Å². The van der Waals surface area contributed by atoms with Crippen molar-refractivity contribution in [3.63, 3.8) is 0 Å². The fourth-order valence-electron chi connectivity index (χ4n) is 12.8. The molecule has 0 spiro atoms. The second-order valence-corrected chi connectivity index (χ2v) is 34.2. The van der Waals surface area contributed by atoms with Crippen molar-refractivity contribution in [1.29, 1.82) is 0 Å². The van der Waals surface area contributed by atoms with Crippen LogP contribution in [0.25, 0.3) is 0 Å². The lowest BCUT2D eigenvalue weighted by molar-refractivity contribution is -0.161. The Bertz CT molecular complexity index is 1970. The van der Waals surface area contributed by atoms with Crippen molar-refractivity contribution in [3.05, 3.63) is 0 Å². The van der Waals surface area contributed by atoms with Gasteiger partial charge in [-0.05, 0) is 43.4 Å². The van der Waals surface area contributed by atoms with Crippen LogP contribution in [-0.4, -0.2) is 96.7 Å². The third-order valence-corrected chi connectivity index (χ3v) is 21.3. The summed E-state index contributed by atoms with van der Waals surface area (Å²) in [7, 11) is -9.92. The second kappa shape index (κ2) is 73.2. The number of aliphatic hydroxyl groups is 1. The van der Waals surface area contributed by atoms with Gasteiger partial charge in [-0.25, -0.2) is 9.13 Å². The van der Waals surface area contributed by atoms with Crippen LogP contribution in [-0.2, 0) is 65.4 Å². The van der Waals surface area contributed by atoms with E-state index >= 15 is 0 Å². The summed E-state index contributed by atoms with van der Waals surface area (Å²) in [5.41, 5.74) is 0. The minimum absolute atomic E-state index is 0.107. The first-order chi connectivity index (χ1) is 49.2. The van der Waals surface area contributed by atoms with Gasteiger partial charge in [0.05, 0.1) is 26.4 Å². The number of hydrogen-bond acceptors (Lipinski definition) is 15. The molecule has 3 N–H and O–H groups in total. The molecule has 0 aliphatic heterocycles. The zero-order valence-electron chi connectivity index (χ0n) is 67.1. The van der Waals surface area contributed by atoms with Crippen LogP contribution in [0.4, 0.5) is 0 Å². The number of aliphatic hydroxyl groups excluding tert-OH is 1. The van der Waals surface area contributed by atoms with Gasteiger partial charge >= 0.3 is 39.5 Å². The van der Waals surface area contributed by atoms with Gasteiger partial charge in [0.1, 0.15) is 19.3 Å². The molecule has 0 aliphatic rings. The SMILES string of the molecule is CCCCCCCCCCCCCCCCCC(=O)O[C@H](COC(=O)CCCCCCCCC(C)C)COP(=O)(O)OC[C@H](O)COP(=O)(O)OC[C@@H](COC(=O)CCCCCCCCCCCCCCCCCCC(C)C)OC(=O)CCCCCCCCCCCCCCCCCCC(C)C. The first-order valence-electron chi connectivity index (χ1n) is 42.8. The van der Waals surface area contributed by atoms with Gasteiger partial charge in [-0.3, -0.25) is 37.3 Å². The van der Waals surface area contributed by atoms with Gasteiger partial charge in [-0.1, -0.05) is 382 Å². The Balaban J connectivity index is 5.22. The maximum absolute atomic E-state index is 13.1. The molecule has 0 aliphatic carbocycles. The quantitative estimate of drug-likeness (QED) is 0.0222. The maximum Gasteiger partial charge on any atom is 0.472 e. The lowest BCUT2D eigenvalue weighted by Gasteiger charge is -2.21. The molecule has 0 radical (unpaired) electrons. The molecule has 0 aromatic heterocycles. The van der Waals surface area contributed by atoms with Crippen molar-refractivity contribution in [3.8, 4) is 0 Å². The molecular formula is C83H162O17P2. The van der Waals surface area contributed by atoms with Crippen LogP contribution >= 0.6 is 15.6 Å². The van der Waals surface area contributed by atoms with Crippen molar-refractivity contribution < 1.29 is 80.2 Å². The first kappa shape index (κ1) is 100. The Kier molecular flexibility index (Phi) is 71.8. The molecular weight excluding hydrogens is 1330 g/mol. The lowest BCUT2D eigenvalue weighted by atomic mass is 10.0.